The van der Waals surface area contributed by atoms with E-state index in [-0.39, 0.29) is 17.0 Å². The Labute approximate surface area is 147 Å². The number of methoxy groups -OCH3 is 1. The molecule has 1 unspecified atom stereocenters. The van der Waals surface area contributed by atoms with E-state index in [4.69, 9.17) is 4.74 Å². The quantitative estimate of drug-likeness (QED) is 0.286. The molecule has 0 aliphatic carbocycles. The fourth-order valence-corrected chi connectivity index (χ4v) is 2.74. The smallest absolute Gasteiger partial charge is 0.293 e. The van der Waals surface area contributed by atoms with Gasteiger partial charge in [0.1, 0.15) is 11.5 Å². The van der Waals surface area contributed by atoms with Crippen LogP contribution >= 0.6 is 0 Å². The van der Waals surface area contributed by atoms with Crippen LogP contribution in [0.5, 0.6) is 5.75 Å². The summed E-state index contributed by atoms with van der Waals surface area (Å²) < 4.78 is 5.04. The molecule has 8 heteroatoms. The summed E-state index contributed by atoms with van der Waals surface area (Å²) in [7, 11) is 1.49. The number of nitro benzene ring substituents is 1. The van der Waals surface area contributed by atoms with Gasteiger partial charge in [0.05, 0.1) is 23.6 Å². The van der Waals surface area contributed by atoms with E-state index in [9.17, 15) is 24.8 Å². The van der Waals surface area contributed by atoms with Gasteiger partial charge in [0.25, 0.3) is 17.4 Å². The molecular weight excluding hydrogens is 340 g/mol. The van der Waals surface area contributed by atoms with Gasteiger partial charge in [-0.25, -0.2) is 0 Å². The lowest BCUT2D eigenvalue weighted by Crippen LogP contribution is -2.21. The van der Waals surface area contributed by atoms with Crippen molar-refractivity contribution in [1.82, 2.24) is 5.32 Å². The lowest BCUT2D eigenvalue weighted by molar-refractivity contribution is -0.384. The number of benzene rings is 2. The largest absolute Gasteiger partial charge is 0.507 e. The van der Waals surface area contributed by atoms with E-state index >= 15 is 0 Å². The fourth-order valence-electron chi connectivity index (χ4n) is 2.74. The van der Waals surface area contributed by atoms with E-state index in [1.54, 1.807) is 24.3 Å². The number of Topliss-reactive ketones (excluding diaryl/α,β-unsaturated/α-hetero) is 1. The zero-order valence-electron chi connectivity index (χ0n) is 13.6. The average Bonchev–Trinajstić information content (AvgIpc) is 2.96. The number of nitrogens with one attached hydrogen (secondary N) is 1. The molecule has 132 valence electrons. The molecule has 26 heavy (non-hydrogen) atoms. The number of hydrogen-bond acceptors (Lipinski definition) is 6. The molecule has 1 aliphatic rings. The van der Waals surface area contributed by atoms with Gasteiger partial charge in [-0.15, -0.1) is 0 Å². The van der Waals surface area contributed by atoms with Crippen LogP contribution in [0.25, 0.3) is 5.76 Å². The van der Waals surface area contributed by atoms with E-state index < -0.39 is 22.7 Å². The van der Waals surface area contributed by atoms with Crippen LogP contribution in [0.4, 0.5) is 5.69 Å². The summed E-state index contributed by atoms with van der Waals surface area (Å²) in [4.78, 5) is 34.5. The van der Waals surface area contributed by atoms with Crippen LogP contribution in [-0.2, 0) is 9.59 Å². The molecule has 0 aromatic heterocycles. The maximum Gasteiger partial charge on any atom is 0.293 e. The molecule has 8 nitrogen and oxygen atoms in total. The van der Waals surface area contributed by atoms with Gasteiger partial charge in [0.15, 0.2) is 0 Å². The standard InChI is InChI=1S/C18H14N2O6/c1-26-13-7-5-10(6-8-13)16(21)14-15(19-18(23)17(14)22)11-3-2-4-12(9-11)20(24)25/h2-9,15,21H,1H3,(H,19,23)/b16-14-. The zero-order chi connectivity index (χ0) is 18.8. The molecule has 0 radical (unpaired) electrons. The van der Waals surface area contributed by atoms with Crippen LogP contribution in [0.1, 0.15) is 17.2 Å². The SMILES string of the molecule is COc1ccc(/C(O)=C2/C(=O)C(=O)NC2c2cccc([N+](=O)[O-])c2)cc1. The number of rotatable bonds is 4. The van der Waals surface area contributed by atoms with Crippen molar-refractivity contribution in [3.8, 4) is 5.75 Å². The van der Waals surface area contributed by atoms with Crippen molar-refractivity contribution in [3.63, 3.8) is 0 Å². The second kappa shape index (κ2) is 6.67. The second-order valence-corrected chi connectivity index (χ2v) is 5.58. The minimum atomic E-state index is -0.975. The van der Waals surface area contributed by atoms with Crippen molar-refractivity contribution in [2.45, 2.75) is 6.04 Å². The van der Waals surface area contributed by atoms with Crippen LogP contribution in [0, 0.1) is 10.1 Å². The Morgan fingerprint density at radius 3 is 2.50 bits per heavy atom. The van der Waals surface area contributed by atoms with Gasteiger partial charge in [-0.3, -0.25) is 19.7 Å². The first-order valence-electron chi connectivity index (χ1n) is 7.59. The van der Waals surface area contributed by atoms with Crippen molar-refractivity contribution in [2.75, 3.05) is 7.11 Å². The molecule has 0 bridgehead atoms. The van der Waals surface area contributed by atoms with Crippen LogP contribution in [-0.4, -0.2) is 28.8 Å². The van der Waals surface area contributed by atoms with Gasteiger partial charge < -0.3 is 15.2 Å². The summed E-state index contributed by atoms with van der Waals surface area (Å²) in [5.74, 6) is -1.56. The first-order valence-corrected chi connectivity index (χ1v) is 7.59. The highest BCUT2D eigenvalue weighted by Crippen LogP contribution is 2.34. The lowest BCUT2D eigenvalue weighted by Gasteiger charge is -2.13. The molecule has 0 saturated carbocycles. The van der Waals surface area contributed by atoms with Crippen molar-refractivity contribution in [2.24, 2.45) is 0 Å². The van der Waals surface area contributed by atoms with Gasteiger partial charge >= 0.3 is 0 Å². The van der Waals surface area contributed by atoms with Crippen molar-refractivity contribution in [3.05, 3.63) is 75.3 Å². The minimum absolute atomic E-state index is 0.152. The second-order valence-electron chi connectivity index (χ2n) is 5.58. The summed E-state index contributed by atoms with van der Waals surface area (Å²) in [5.41, 5.74) is 0.314. The van der Waals surface area contributed by atoms with E-state index in [1.807, 2.05) is 0 Å². The van der Waals surface area contributed by atoms with Gasteiger partial charge in [-0.1, -0.05) is 12.1 Å². The van der Waals surface area contributed by atoms with Crippen LogP contribution in [0.15, 0.2) is 54.1 Å². The number of ketones is 1. The number of ether oxygens (including phenoxy) is 1. The monoisotopic (exact) mass is 354 g/mol. The fraction of sp³-hybridized carbons (Fsp3) is 0.111. The molecule has 2 aromatic rings. The number of hydrogen-bond donors (Lipinski definition) is 2. The van der Waals surface area contributed by atoms with E-state index in [2.05, 4.69) is 5.32 Å². The van der Waals surface area contributed by atoms with Crippen LogP contribution in [0.2, 0.25) is 0 Å². The molecule has 1 fully saturated rings. The predicted octanol–water partition coefficient (Wildman–Crippen LogP) is 2.31. The Hall–Kier alpha value is -3.68. The third kappa shape index (κ3) is 3.00. The Kier molecular flexibility index (Phi) is 4.40. The topological polar surface area (TPSA) is 119 Å². The summed E-state index contributed by atoms with van der Waals surface area (Å²) in [5, 5.41) is 24.0. The maximum atomic E-state index is 12.3. The molecule has 0 spiro atoms. The molecule has 1 aliphatic heterocycles. The summed E-state index contributed by atoms with van der Waals surface area (Å²) in [6.45, 7) is 0. The molecule has 3 rings (SSSR count). The Balaban J connectivity index is 2.09. The maximum absolute atomic E-state index is 12.3. The van der Waals surface area contributed by atoms with Gasteiger partial charge in [-0.05, 0) is 29.8 Å². The van der Waals surface area contributed by atoms with E-state index in [0.717, 1.165) is 0 Å². The van der Waals surface area contributed by atoms with Gasteiger partial charge in [0.2, 0.25) is 0 Å². The van der Waals surface area contributed by atoms with E-state index in [1.165, 1.54) is 31.4 Å². The van der Waals surface area contributed by atoms with Crippen molar-refractivity contribution < 1.29 is 24.4 Å². The number of amides is 1. The molecule has 2 aromatic carbocycles. The lowest BCUT2D eigenvalue weighted by atomic mass is 9.95. The molecule has 2 N–H and O–H groups in total. The van der Waals surface area contributed by atoms with Gasteiger partial charge in [-0.2, -0.15) is 0 Å². The minimum Gasteiger partial charge on any atom is -0.507 e. The number of nitro groups is 1. The van der Waals surface area contributed by atoms with Crippen LogP contribution in [0.3, 0.4) is 0 Å². The number of aliphatic hydroxyl groups is 1. The zero-order valence-corrected chi connectivity index (χ0v) is 13.6. The predicted molar refractivity (Wildman–Crippen MR) is 91.5 cm³/mol. The first-order chi connectivity index (χ1) is 12.4. The van der Waals surface area contributed by atoms with Gasteiger partial charge in [0, 0.05) is 17.7 Å². The van der Waals surface area contributed by atoms with Crippen molar-refractivity contribution >= 4 is 23.1 Å². The molecule has 1 atom stereocenters. The van der Waals surface area contributed by atoms with Crippen LogP contribution < -0.4 is 10.1 Å². The highest BCUT2D eigenvalue weighted by molar-refractivity contribution is 6.46. The molecule has 1 saturated heterocycles. The van der Waals surface area contributed by atoms with Crippen molar-refractivity contribution in [1.29, 1.82) is 0 Å². The molecule has 1 amide bonds. The first kappa shape index (κ1) is 17.2. The number of aliphatic hydroxyl groups excluding tert-OH is 1. The highest BCUT2D eigenvalue weighted by Gasteiger charge is 2.39. The number of non-ortho nitro benzene ring substituents is 1. The highest BCUT2D eigenvalue weighted by atomic mass is 16.6. The third-order valence-corrected chi connectivity index (χ3v) is 4.05. The molecule has 1 heterocycles. The normalized spacial score (nSPS) is 18.4. The number of carbonyl (C=O) groups excluding carboxylic acids is 2. The Morgan fingerprint density at radius 2 is 1.88 bits per heavy atom. The third-order valence-electron chi connectivity index (χ3n) is 4.05. The number of carbonyl (C=O) groups is 2. The Bertz CT molecular complexity index is 933. The summed E-state index contributed by atoms with van der Waals surface area (Å²) in [6, 6.07) is 10.9. The molecular formula is C18H14N2O6. The summed E-state index contributed by atoms with van der Waals surface area (Å²) >= 11 is 0. The average molecular weight is 354 g/mol. The van der Waals surface area contributed by atoms with E-state index in [0.29, 0.717) is 16.9 Å². The number of nitrogens with zero attached hydrogens (tertiary/aromatic N) is 1. The summed E-state index contributed by atoms with van der Waals surface area (Å²) in [6.07, 6.45) is 0. The Morgan fingerprint density at radius 1 is 1.19 bits per heavy atom.